The van der Waals surface area contributed by atoms with E-state index in [2.05, 4.69) is 0 Å². The maximum atomic E-state index is 11.0. The average molecular weight is 215 g/mol. The number of hydrogen-bond acceptors (Lipinski definition) is 1. The Labute approximate surface area is 88.9 Å². The monoisotopic (exact) mass is 214 g/mol. The molecule has 0 atom stereocenters. The van der Waals surface area contributed by atoms with E-state index < -0.39 is 5.97 Å². The van der Waals surface area contributed by atoms with Gasteiger partial charge < -0.3 is 5.11 Å². The molecule has 1 spiro atoms. The summed E-state index contributed by atoms with van der Waals surface area (Å²) < 4.78 is 0. The molecular formula is C11H15ClO2. The van der Waals surface area contributed by atoms with Crippen LogP contribution in [0, 0.1) is 5.41 Å². The molecule has 0 aromatic rings. The lowest BCUT2D eigenvalue weighted by Gasteiger charge is -2.33. The number of allylic oxidation sites excluding steroid dienone is 1. The molecule has 0 amide bonds. The lowest BCUT2D eigenvalue weighted by molar-refractivity contribution is -0.133. The molecule has 2 nitrogen and oxygen atoms in total. The summed E-state index contributed by atoms with van der Waals surface area (Å²) >= 11 is 5.94. The summed E-state index contributed by atoms with van der Waals surface area (Å²) in [7, 11) is 0. The van der Waals surface area contributed by atoms with Crippen molar-refractivity contribution in [2.24, 2.45) is 5.41 Å². The number of carbonyl (C=O) groups is 1. The van der Waals surface area contributed by atoms with Gasteiger partial charge in [0.2, 0.25) is 0 Å². The van der Waals surface area contributed by atoms with E-state index in [1.54, 1.807) is 0 Å². The maximum Gasteiger partial charge on any atom is 0.332 e. The summed E-state index contributed by atoms with van der Waals surface area (Å²) in [6, 6.07) is 0. The van der Waals surface area contributed by atoms with Gasteiger partial charge >= 0.3 is 5.97 Å². The van der Waals surface area contributed by atoms with Gasteiger partial charge in [0.25, 0.3) is 0 Å². The lowest BCUT2D eigenvalue weighted by Crippen LogP contribution is -2.24. The first-order valence-electron chi connectivity index (χ1n) is 5.24. The Morgan fingerprint density at radius 1 is 1.29 bits per heavy atom. The van der Waals surface area contributed by atoms with Gasteiger partial charge in [-0.05, 0) is 37.5 Å². The summed E-state index contributed by atoms with van der Waals surface area (Å²) in [4.78, 5) is 11.0. The van der Waals surface area contributed by atoms with Crippen molar-refractivity contribution in [3.05, 3.63) is 10.6 Å². The average Bonchev–Trinajstić information content (AvgIpc) is 2.58. The summed E-state index contributed by atoms with van der Waals surface area (Å²) in [5, 5.41) is 9.59. The van der Waals surface area contributed by atoms with Crippen molar-refractivity contribution >= 4 is 17.6 Å². The van der Waals surface area contributed by atoms with Crippen molar-refractivity contribution < 1.29 is 9.90 Å². The molecule has 3 heteroatoms. The zero-order chi connectivity index (χ0) is 10.2. The van der Waals surface area contributed by atoms with Crippen molar-refractivity contribution in [1.82, 2.24) is 0 Å². The SMILES string of the molecule is O=C(O)C1=C(Cl)CCC2(CCCC2)C1. The van der Waals surface area contributed by atoms with Crippen molar-refractivity contribution in [2.75, 3.05) is 0 Å². The highest BCUT2D eigenvalue weighted by Gasteiger charge is 2.39. The van der Waals surface area contributed by atoms with E-state index in [0.29, 0.717) is 17.0 Å². The third-order valence-corrected chi connectivity index (χ3v) is 4.09. The van der Waals surface area contributed by atoms with Crippen LogP contribution in [0.1, 0.15) is 44.9 Å². The molecule has 0 aromatic carbocycles. The van der Waals surface area contributed by atoms with E-state index in [9.17, 15) is 4.79 Å². The van der Waals surface area contributed by atoms with Crippen molar-refractivity contribution in [3.63, 3.8) is 0 Å². The Morgan fingerprint density at radius 3 is 2.50 bits per heavy atom. The van der Waals surface area contributed by atoms with E-state index in [0.717, 1.165) is 12.8 Å². The topological polar surface area (TPSA) is 37.3 Å². The number of carboxylic acid groups (broad SMARTS) is 1. The first kappa shape index (κ1) is 10.0. The third-order valence-electron chi connectivity index (χ3n) is 3.68. The van der Waals surface area contributed by atoms with E-state index in [1.807, 2.05) is 0 Å². The Kier molecular flexibility index (Phi) is 2.56. The second kappa shape index (κ2) is 3.58. The van der Waals surface area contributed by atoms with Crippen LogP contribution >= 0.6 is 11.6 Å². The fourth-order valence-electron chi connectivity index (χ4n) is 2.83. The molecule has 0 saturated heterocycles. The number of halogens is 1. The molecule has 2 aliphatic rings. The zero-order valence-corrected chi connectivity index (χ0v) is 8.94. The summed E-state index contributed by atoms with van der Waals surface area (Å²) in [5.41, 5.74) is 0.756. The molecule has 0 aromatic heterocycles. The predicted octanol–water partition coefficient (Wildman–Crippen LogP) is 3.31. The molecule has 2 rings (SSSR count). The van der Waals surface area contributed by atoms with Crippen LogP contribution in [0.4, 0.5) is 0 Å². The molecule has 0 heterocycles. The zero-order valence-electron chi connectivity index (χ0n) is 8.18. The molecule has 2 aliphatic carbocycles. The highest BCUT2D eigenvalue weighted by Crippen LogP contribution is 2.51. The molecule has 0 aliphatic heterocycles. The molecule has 0 radical (unpaired) electrons. The Hall–Kier alpha value is -0.500. The predicted molar refractivity (Wildman–Crippen MR) is 55.3 cm³/mol. The van der Waals surface area contributed by atoms with Crippen molar-refractivity contribution in [3.8, 4) is 0 Å². The number of aliphatic carboxylic acids is 1. The third kappa shape index (κ3) is 1.68. The van der Waals surface area contributed by atoms with Gasteiger partial charge in [-0.15, -0.1) is 0 Å². The van der Waals surface area contributed by atoms with E-state index in [4.69, 9.17) is 16.7 Å². The highest BCUT2D eigenvalue weighted by molar-refractivity contribution is 6.31. The molecule has 1 N–H and O–H groups in total. The van der Waals surface area contributed by atoms with E-state index >= 15 is 0 Å². The van der Waals surface area contributed by atoms with Gasteiger partial charge in [0, 0.05) is 5.03 Å². The van der Waals surface area contributed by atoms with Crippen LogP contribution in [-0.2, 0) is 4.79 Å². The summed E-state index contributed by atoms with van der Waals surface area (Å²) in [6.45, 7) is 0. The standard InChI is InChI=1S/C11H15ClO2/c12-9-3-6-11(4-1-2-5-11)7-8(9)10(13)14/h1-7H2,(H,13,14). The fourth-order valence-corrected chi connectivity index (χ4v) is 3.07. The number of hydrogen-bond donors (Lipinski definition) is 1. The molecule has 14 heavy (non-hydrogen) atoms. The van der Waals surface area contributed by atoms with Gasteiger partial charge in [-0.1, -0.05) is 24.4 Å². The van der Waals surface area contributed by atoms with Gasteiger partial charge in [-0.25, -0.2) is 4.79 Å². The lowest BCUT2D eigenvalue weighted by atomic mass is 9.73. The van der Waals surface area contributed by atoms with Gasteiger partial charge in [0.1, 0.15) is 0 Å². The van der Waals surface area contributed by atoms with Crippen LogP contribution < -0.4 is 0 Å². The Bertz CT molecular complexity index is 288. The number of carboxylic acids is 1. The van der Waals surface area contributed by atoms with Crippen LogP contribution in [-0.4, -0.2) is 11.1 Å². The second-order valence-corrected chi connectivity index (χ2v) is 5.03. The van der Waals surface area contributed by atoms with Gasteiger partial charge in [0.15, 0.2) is 0 Å². The Morgan fingerprint density at radius 2 is 1.93 bits per heavy atom. The molecule has 0 unspecified atom stereocenters. The van der Waals surface area contributed by atoms with E-state index in [-0.39, 0.29) is 5.41 Å². The van der Waals surface area contributed by atoms with E-state index in [1.165, 1.54) is 25.7 Å². The number of rotatable bonds is 1. The molecule has 1 saturated carbocycles. The van der Waals surface area contributed by atoms with Crippen LogP contribution in [0.25, 0.3) is 0 Å². The largest absolute Gasteiger partial charge is 0.478 e. The maximum absolute atomic E-state index is 11.0. The molecule has 0 bridgehead atoms. The first-order chi connectivity index (χ1) is 6.63. The van der Waals surface area contributed by atoms with Gasteiger partial charge in [-0.2, -0.15) is 0 Å². The minimum absolute atomic E-state index is 0.284. The van der Waals surface area contributed by atoms with Gasteiger partial charge in [0.05, 0.1) is 5.57 Å². The highest BCUT2D eigenvalue weighted by atomic mass is 35.5. The van der Waals surface area contributed by atoms with Crippen LogP contribution in [0.3, 0.4) is 0 Å². The molecule has 78 valence electrons. The van der Waals surface area contributed by atoms with Crippen molar-refractivity contribution in [2.45, 2.75) is 44.9 Å². The van der Waals surface area contributed by atoms with Crippen LogP contribution in [0.5, 0.6) is 0 Å². The smallest absolute Gasteiger partial charge is 0.332 e. The van der Waals surface area contributed by atoms with Crippen molar-refractivity contribution in [1.29, 1.82) is 0 Å². The van der Waals surface area contributed by atoms with Gasteiger partial charge in [-0.3, -0.25) is 0 Å². The minimum atomic E-state index is -0.819. The summed E-state index contributed by atoms with van der Waals surface area (Å²) in [5.74, 6) is -0.819. The second-order valence-electron chi connectivity index (χ2n) is 4.57. The normalized spacial score (nSPS) is 25.8. The Balaban J connectivity index is 2.20. The van der Waals surface area contributed by atoms with Crippen LogP contribution in [0.2, 0.25) is 0 Å². The van der Waals surface area contributed by atoms with Crippen LogP contribution in [0.15, 0.2) is 10.6 Å². The minimum Gasteiger partial charge on any atom is -0.478 e. The molecule has 1 fully saturated rings. The summed E-state index contributed by atoms with van der Waals surface area (Å²) in [6.07, 6.45) is 7.43. The first-order valence-corrected chi connectivity index (χ1v) is 5.62. The fraction of sp³-hybridized carbons (Fsp3) is 0.727. The quantitative estimate of drug-likeness (QED) is 0.727. The molecular weight excluding hydrogens is 200 g/mol.